The Hall–Kier alpha value is -0.960. The highest BCUT2D eigenvalue weighted by Crippen LogP contribution is 2.28. The lowest BCUT2D eigenvalue weighted by Gasteiger charge is -2.31. The van der Waals surface area contributed by atoms with Crippen LogP contribution in [-0.4, -0.2) is 12.6 Å². The third-order valence-corrected chi connectivity index (χ3v) is 4.25. The van der Waals surface area contributed by atoms with Crippen molar-refractivity contribution in [1.82, 2.24) is 5.32 Å². The van der Waals surface area contributed by atoms with Gasteiger partial charge in [0.05, 0.1) is 0 Å². The standard InChI is InChI=1S/C17H25F2N/c1-2-8-20-17(14-6-4-3-5-7-14)11-13-9-15(18)12-16(19)10-13/h9-10,12,14,17,20H,2-8,11H2,1H3. The molecule has 3 heteroatoms. The van der Waals surface area contributed by atoms with Crippen LogP contribution < -0.4 is 5.32 Å². The Morgan fingerprint density at radius 2 is 1.75 bits per heavy atom. The normalized spacial score (nSPS) is 18.1. The van der Waals surface area contributed by atoms with E-state index in [9.17, 15) is 8.78 Å². The summed E-state index contributed by atoms with van der Waals surface area (Å²) in [5.41, 5.74) is 0.765. The molecule has 1 fully saturated rings. The maximum absolute atomic E-state index is 13.3. The fourth-order valence-corrected chi connectivity index (χ4v) is 3.25. The highest BCUT2D eigenvalue weighted by Gasteiger charge is 2.23. The molecule has 1 aliphatic rings. The van der Waals surface area contributed by atoms with E-state index >= 15 is 0 Å². The smallest absolute Gasteiger partial charge is 0.126 e. The molecule has 2 rings (SSSR count). The van der Waals surface area contributed by atoms with Gasteiger partial charge in [-0.25, -0.2) is 8.78 Å². The SMILES string of the molecule is CCCNC(Cc1cc(F)cc(F)c1)C1CCCCC1. The van der Waals surface area contributed by atoms with Crippen molar-refractivity contribution >= 4 is 0 Å². The quantitative estimate of drug-likeness (QED) is 0.812. The van der Waals surface area contributed by atoms with E-state index < -0.39 is 11.6 Å². The first kappa shape index (κ1) is 15.4. The second kappa shape index (κ2) is 7.72. The molecule has 1 saturated carbocycles. The van der Waals surface area contributed by atoms with Crippen molar-refractivity contribution in [2.24, 2.45) is 5.92 Å². The fraction of sp³-hybridized carbons (Fsp3) is 0.647. The Morgan fingerprint density at radius 3 is 2.35 bits per heavy atom. The van der Waals surface area contributed by atoms with Crippen molar-refractivity contribution in [3.05, 3.63) is 35.4 Å². The van der Waals surface area contributed by atoms with Gasteiger partial charge in [0.2, 0.25) is 0 Å². The third kappa shape index (κ3) is 4.55. The summed E-state index contributed by atoms with van der Waals surface area (Å²) in [5.74, 6) is -0.308. The summed E-state index contributed by atoms with van der Waals surface area (Å²) in [6.07, 6.45) is 8.17. The van der Waals surface area contributed by atoms with Gasteiger partial charge in [-0.15, -0.1) is 0 Å². The Bertz CT molecular complexity index is 393. The van der Waals surface area contributed by atoms with Crippen LogP contribution >= 0.6 is 0 Å². The molecule has 112 valence electrons. The predicted molar refractivity (Wildman–Crippen MR) is 78.7 cm³/mol. The molecule has 0 aliphatic heterocycles. The van der Waals surface area contributed by atoms with Crippen molar-refractivity contribution < 1.29 is 8.78 Å². The van der Waals surface area contributed by atoms with Gasteiger partial charge in [-0.05, 0) is 55.8 Å². The lowest BCUT2D eigenvalue weighted by Crippen LogP contribution is -2.39. The molecule has 1 aromatic carbocycles. The van der Waals surface area contributed by atoms with Crippen molar-refractivity contribution in [3.63, 3.8) is 0 Å². The summed E-state index contributed by atoms with van der Waals surface area (Å²) in [7, 11) is 0. The lowest BCUT2D eigenvalue weighted by molar-refractivity contribution is 0.267. The van der Waals surface area contributed by atoms with Crippen LogP contribution in [0, 0.1) is 17.6 Å². The largest absolute Gasteiger partial charge is 0.313 e. The van der Waals surface area contributed by atoms with E-state index in [1.807, 2.05) is 0 Å². The van der Waals surface area contributed by atoms with Crippen molar-refractivity contribution in [2.75, 3.05) is 6.54 Å². The summed E-state index contributed by atoms with van der Waals surface area (Å²) in [5, 5.41) is 3.58. The molecule has 1 aromatic rings. The van der Waals surface area contributed by atoms with E-state index in [1.165, 1.54) is 44.2 Å². The zero-order chi connectivity index (χ0) is 14.4. The van der Waals surface area contributed by atoms with E-state index in [2.05, 4.69) is 12.2 Å². The van der Waals surface area contributed by atoms with Gasteiger partial charge < -0.3 is 5.32 Å². The summed E-state index contributed by atoms with van der Waals surface area (Å²) < 4.78 is 26.6. The first-order valence-corrected chi connectivity index (χ1v) is 7.87. The molecule has 1 unspecified atom stereocenters. The molecule has 1 aliphatic carbocycles. The van der Waals surface area contributed by atoms with Crippen LogP contribution in [0.25, 0.3) is 0 Å². The van der Waals surface area contributed by atoms with Gasteiger partial charge in [0.15, 0.2) is 0 Å². The monoisotopic (exact) mass is 281 g/mol. The molecular formula is C17H25F2N. The van der Waals surface area contributed by atoms with Crippen LogP contribution in [0.3, 0.4) is 0 Å². The van der Waals surface area contributed by atoms with Crippen LogP contribution in [0.2, 0.25) is 0 Å². The molecule has 1 N–H and O–H groups in total. The average molecular weight is 281 g/mol. The van der Waals surface area contributed by atoms with Gasteiger partial charge >= 0.3 is 0 Å². The van der Waals surface area contributed by atoms with Gasteiger partial charge in [0.25, 0.3) is 0 Å². The van der Waals surface area contributed by atoms with Gasteiger partial charge in [0.1, 0.15) is 11.6 Å². The molecule has 0 spiro atoms. The summed E-state index contributed by atoms with van der Waals surface area (Å²) >= 11 is 0. The van der Waals surface area contributed by atoms with E-state index in [1.54, 1.807) is 0 Å². The second-order valence-electron chi connectivity index (χ2n) is 5.94. The van der Waals surface area contributed by atoms with Crippen molar-refractivity contribution in [2.45, 2.75) is 57.9 Å². The minimum absolute atomic E-state index is 0.344. The Labute approximate surface area is 120 Å². The Morgan fingerprint density at radius 1 is 1.10 bits per heavy atom. The third-order valence-electron chi connectivity index (χ3n) is 4.25. The van der Waals surface area contributed by atoms with Crippen LogP contribution in [0.15, 0.2) is 18.2 Å². The minimum atomic E-state index is -0.474. The number of benzene rings is 1. The number of rotatable bonds is 6. The maximum atomic E-state index is 13.3. The van der Waals surface area contributed by atoms with Crippen LogP contribution in [-0.2, 0) is 6.42 Å². The molecule has 0 bridgehead atoms. The minimum Gasteiger partial charge on any atom is -0.313 e. The van der Waals surface area contributed by atoms with Gasteiger partial charge in [-0.2, -0.15) is 0 Å². The Balaban J connectivity index is 2.05. The fourth-order valence-electron chi connectivity index (χ4n) is 3.25. The molecule has 0 aromatic heterocycles. The summed E-state index contributed by atoms with van der Waals surface area (Å²) in [4.78, 5) is 0. The van der Waals surface area contributed by atoms with E-state index in [0.717, 1.165) is 31.0 Å². The number of halogens is 2. The highest BCUT2D eigenvalue weighted by atomic mass is 19.1. The number of hydrogen-bond donors (Lipinski definition) is 1. The topological polar surface area (TPSA) is 12.0 Å². The van der Waals surface area contributed by atoms with Crippen LogP contribution in [0.1, 0.15) is 51.0 Å². The molecule has 0 heterocycles. The molecular weight excluding hydrogens is 256 g/mol. The van der Waals surface area contributed by atoms with Crippen molar-refractivity contribution in [3.8, 4) is 0 Å². The molecule has 0 radical (unpaired) electrons. The van der Waals surface area contributed by atoms with E-state index in [0.29, 0.717) is 12.0 Å². The molecule has 20 heavy (non-hydrogen) atoms. The van der Waals surface area contributed by atoms with E-state index in [4.69, 9.17) is 0 Å². The van der Waals surface area contributed by atoms with Gasteiger partial charge in [-0.1, -0.05) is 26.2 Å². The second-order valence-corrected chi connectivity index (χ2v) is 5.94. The highest BCUT2D eigenvalue weighted by molar-refractivity contribution is 5.19. The van der Waals surface area contributed by atoms with Gasteiger partial charge in [-0.3, -0.25) is 0 Å². The Kier molecular flexibility index (Phi) is 5.96. The molecule has 1 nitrogen and oxygen atoms in total. The molecule has 0 amide bonds. The predicted octanol–water partition coefficient (Wildman–Crippen LogP) is 4.46. The number of nitrogens with one attached hydrogen (secondary N) is 1. The molecule has 1 atom stereocenters. The van der Waals surface area contributed by atoms with Crippen LogP contribution in [0.4, 0.5) is 8.78 Å². The maximum Gasteiger partial charge on any atom is 0.126 e. The first-order valence-electron chi connectivity index (χ1n) is 7.87. The summed E-state index contributed by atoms with van der Waals surface area (Å²) in [6.45, 7) is 3.12. The first-order chi connectivity index (χ1) is 9.69. The zero-order valence-electron chi connectivity index (χ0n) is 12.3. The lowest BCUT2D eigenvalue weighted by atomic mass is 9.81. The van der Waals surface area contributed by atoms with Crippen LogP contribution in [0.5, 0.6) is 0 Å². The number of hydrogen-bond acceptors (Lipinski definition) is 1. The zero-order valence-corrected chi connectivity index (χ0v) is 12.3. The average Bonchev–Trinajstić information content (AvgIpc) is 2.43. The molecule has 0 saturated heterocycles. The van der Waals surface area contributed by atoms with E-state index in [-0.39, 0.29) is 0 Å². The van der Waals surface area contributed by atoms with Crippen molar-refractivity contribution in [1.29, 1.82) is 0 Å². The van der Waals surface area contributed by atoms with Gasteiger partial charge in [0, 0.05) is 12.1 Å². The summed E-state index contributed by atoms with van der Waals surface area (Å²) in [6, 6.07) is 4.22.